The van der Waals surface area contributed by atoms with Gasteiger partial charge >= 0.3 is 5.97 Å². The fraction of sp³-hybridized carbons (Fsp3) is 0.889. The van der Waals surface area contributed by atoms with Crippen molar-refractivity contribution in [3.05, 3.63) is 0 Å². The van der Waals surface area contributed by atoms with Crippen molar-refractivity contribution in [3.63, 3.8) is 0 Å². The van der Waals surface area contributed by atoms with Gasteiger partial charge in [0, 0.05) is 5.92 Å². The van der Waals surface area contributed by atoms with E-state index in [1.807, 2.05) is 0 Å². The molecule has 2 unspecified atom stereocenters. The summed E-state index contributed by atoms with van der Waals surface area (Å²) in [5.41, 5.74) is -1.17. The number of alkyl halides is 2. The van der Waals surface area contributed by atoms with E-state index in [2.05, 4.69) is 0 Å². The zero-order valence-electron chi connectivity index (χ0n) is 7.22. The largest absolute Gasteiger partial charge is 0.481 e. The number of aliphatic carboxylic acids is 1. The van der Waals surface area contributed by atoms with E-state index < -0.39 is 23.2 Å². The minimum atomic E-state index is -2.71. The van der Waals surface area contributed by atoms with Crippen LogP contribution in [0.4, 0.5) is 8.78 Å². The van der Waals surface area contributed by atoms with Crippen molar-refractivity contribution >= 4 is 5.97 Å². The predicted molar refractivity (Wildman–Crippen MR) is 41.6 cm³/mol. The topological polar surface area (TPSA) is 37.3 Å². The van der Waals surface area contributed by atoms with Crippen LogP contribution in [0.5, 0.6) is 0 Å². The van der Waals surface area contributed by atoms with Crippen molar-refractivity contribution in [2.24, 2.45) is 11.3 Å². The van der Waals surface area contributed by atoms with Crippen LogP contribution in [0.1, 0.15) is 32.1 Å². The molecule has 0 aromatic carbocycles. The zero-order chi connectivity index (χ0) is 9.69. The standard InChI is InChI=1S/C9H12F2O2/c10-9(11)6-3-1-2-4-8(6,9)5-7(12)13/h6H,1-5H2,(H,12,13). The van der Waals surface area contributed by atoms with Crippen molar-refractivity contribution in [1.29, 1.82) is 0 Å². The number of halogens is 2. The number of carbonyl (C=O) groups is 1. The highest BCUT2D eigenvalue weighted by molar-refractivity contribution is 5.69. The minimum absolute atomic E-state index is 0.356. The van der Waals surface area contributed by atoms with E-state index >= 15 is 0 Å². The number of hydrogen-bond acceptors (Lipinski definition) is 1. The molecule has 0 aliphatic heterocycles. The van der Waals surface area contributed by atoms with Crippen LogP contribution in [0.2, 0.25) is 0 Å². The maximum atomic E-state index is 13.3. The quantitative estimate of drug-likeness (QED) is 0.725. The first kappa shape index (κ1) is 8.91. The third-order valence-corrected chi connectivity index (χ3v) is 3.52. The maximum Gasteiger partial charge on any atom is 0.304 e. The molecule has 2 atom stereocenters. The first-order chi connectivity index (χ1) is 6.01. The monoisotopic (exact) mass is 190 g/mol. The van der Waals surface area contributed by atoms with Crippen LogP contribution in [-0.4, -0.2) is 17.0 Å². The Morgan fingerprint density at radius 3 is 2.69 bits per heavy atom. The Morgan fingerprint density at radius 1 is 1.46 bits per heavy atom. The second kappa shape index (κ2) is 2.42. The van der Waals surface area contributed by atoms with Gasteiger partial charge in [0.25, 0.3) is 5.92 Å². The molecule has 1 N–H and O–H groups in total. The molecule has 0 amide bonds. The van der Waals surface area contributed by atoms with Crippen LogP contribution in [0.3, 0.4) is 0 Å². The SMILES string of the molecule is O=C(O)CC12CCCCC1C2(F)F. The summed E-state index contributed by atoms with van der Waals surface area (Å²) in [6, 6.07) is 0. The molecule has 74 valence electrons. The molecule has 0 aromatic rings. The van der Waals surface area contributed by atoms with Crippen LogP contribution in [-0.2, 0) is 4.79 Å². The highest BCUT2D eigenvalue weighted by atomic mass is 19.3. The lowest BCUT2D eigenvalue weighted by atomic mass is 9.86. The maximum absolute atomic E-state index is 13.3. The summed E-state index contributed by atoms with van der Waals surface area (Å²) < 4.78 is 26.5. The Bertz CT molecular complexity index is 252. The van der Waals surface area contributed by atoms with E-state index in [1.165, 1.54) is 0 Å². The van der Waals surface area contributed by atoms with Crippen molar-refractivity contribution in [1.82, 2.24) is 0 Å². The van der Waals surface area contributed by atoms with Gasteiger partial charge in [0.05, 0.1) is 11.8 Å². The molecule has 2 saturated carbocycles. The molecule has 2 rings (SSSR count). The molecular weight excluding hydrogens is 178 g/mol. The molecule has 0 saturated heterocycles. The van der Waals surface area contributed by atoms with Gasteiger partial charge in [0.1, 0.15) is 0 Å². The molecule has 2 aliphatic carbocycles. The number of hydrogen-bond donors (Lipinski definition) is 1. The third kappa shape index (κ3) is 1.00. The summed E-state index contributed by atoms with van der Waals surface area (Å²) in [5.74, 6) is -4.45. The average molecular weight is 190 g/mol. The normalized spacial score (nSPS) is 40.9. The fourth-order valence-corrected chi connectivity index (χ4v) is 2.78. The number of rotatable bonds is 2. The minimum Gasteiger partial charge on any atom is -0.481 e. The lowest BCUT2D eigenvalue weighted by Crippen LogP contribution is -2.17. The molecule has 0 radical (unpaired) electrons. The van der Waals surface area contributed by atoms with E-state index in [1.54, 1.807) is 0 Å². The lowest BCUT2D eigenvalue weighted by molar-refractivity contribution is -0.139. The predicted octanol–water partition coefficient (Wildman–Crippen LogP) is 2.29. The van der Waals surface area contributed by atoms with Gasteiger partial charge in [-0.15, -0.1) is 0 Å². The lowest BCUT2D eigenvalue weighted by Gasteiger charge is -2.17. The number of carboxylic acids is 1. The van der Waals surface area contributed by atoms with Crippen molar-refractivity contribution in [3.8, 4) is 0 Å². The van der Waals surface area contributed by atoms with Crippen LogP contribution in [0.15, 0.2) is 0 Å². The molecule has 4 heteroatoms. The summed E-state index contributed by atoms with van der Waals surface area (Å²) in [5, 5.41) is 8.56. The molecule has 2 fully saturated rings. The summed E-state index contributed by atoms with van der Waals surface area (Å²) in [7, 11) is 0. The number of carboxylic acid groups (broad SMARTS) is 1. The van der Waals surface area contributed by atoms with Gasteiger partial charge in [0.2, 0.25) is 0 Å². The third-order valence-electron chi connectivity index (χ3n) is 3.52. The van der Waals surface area contributed by atoms with Gasteiger partial charge in [0.15, 0.2) is 0 Å². The summed E-state index contributed by atoms with van der Waals surface area (Å²) in [6.45, 7) is 0. The summed E-state index contributed by atoms with van der Waals surface area (Å²) in [6.07, 6.45) is 2.10. The fourth-order valence-electron chi connectivity index (χ4n) is 2.78. The van der Waals surface area contributed by atoms with Gasteiger partial charge in [-0.05, 0) is 12.8 Å². The van der Waals surface area contributed by atoms with Crippen molar-refractivity contribution < 1.29 is 18.7 Å². The second-order valence-corrected chi connectivity index (χ2v) is 4.15. The van der Waals surface area contributed by atoms with E-state index in [0.717, 1.165) is 12.8 Å². The van der Waals surface area contributed by atoms with Gasteiger partial charge in [-0.3, -0.25) is 4.79 Å². The van der Waals surface area contributed by atoms with Crippen molar-refractivity contribution in [2.75, 3.05) is 0 Å². The Hall–Kier alpha value is -0.670. The van der Waals surface area contributed by atoms with Crippen LogP contribution in [0, 0.1) is 11.3 Å². The van der Waals surface area contributed by atoms with Gasteiger partial charge in [-0.2, -0.15) is 0 Å². The van der Waals surface area contributed by atoms with Crippen molar-refractivity contribution in [2.45, 2.75) is 38.0 Å². The summed E-state index contributed by atoms with van der Waals surface area (Å²) in [4.78, 5) is 10.5. The molecule has 0 aromatic heterocycles. The molecule has 2 aliphatic rings. The second-order valence-electron chi connectivity index (χ2n) is 4.15. The zero-order valence-corrected chi connectivity index (χ0v) is 7.22. The smallest absolute Gasteiger partial charge is 0.304 e. The first-order valence-electron chi connectivity index (χ1n) is 4.60. The average Bonchev–Trinajstić information content (AvgIpc) is 2.48. The van der Waals surface area contributed by atoms with E-state index in [-0.39, 0.29) is 6.42 Å². The highest BCUT2D eigenvalue weighted by Gasteiger charge is 2.80. The van der Waals surface area contributed by atoms with Crippen LogP contribution in [0.25, 0.3) is 0 Å². The summed E-state index contributed by atoms with van der Waals surface area (Å²) >= 11 is 0. The van der Waals surface area contributed by atoms with Gasteiger partial charge in [-0.1, -0.05) is 12.8 Å². The molecule has 13 heavy (non-hydrogen) atoms. The Labute approximate surface area is 74.9 Å². The molecule has 2 nitrogen and oxygen atoms in total. The molecular formula is C9H12F2O2. The van der Waals surface area contributed by atoms with Crippen LogP contribution < -0.4 is 0 Å². The molecule has 0 bridgehead atoms. The van der Waals surface area contributed by atoms with E-state index in [4.69, 9.17) is 5.11 Å². The van der Waals surface area contributed by atoms with Crippen LogP contribution >= 0.6 is 0 Å². The highest BCUT2D eigenvalue weighted by Crippen LogP contribution is 2.73. The molecule has 0 spiro atoms. The van der Waals surface area contributed by atoms with E-state index in [0.29, 0.717) is 12.8 Å². The van der Waals surface area contributed by atoms with Gasteiger partial charge < -0.3 is 5.11 Å². The van der Waals surface area contributed by atoms with E-state index in [9.17, 15) is 13.6 Å². The van der Waals surface area contributed by atoms with Gasteiger partial charge in [-0.25, -0.2) is 8.78 Å². The molecule has 0 heterocycles. The first-order valence-corrected chi connectivity index (χ1v) is 4.60. The Kier molecular flexibility index (Phi) is 1.66. The Morgan fingerprint density at radius 2 is 2.15 bits per heavy atom. The Balaban J connectivity index is 2.16. The number of fused-ring (bicyclic) bond motifs is 1.